The monoisotopic (exact) mass is 124 g/mol. The molecule has 50 valence electrons. The molecule has 0 amide bonds. The highest BCUT2D eigenvalue weighted by molar-refractivity contribution is 5.14. The van der Waals surface area contributed by atoms with E-state index in [1.165, 1.54) is 0 Å². The standard InChI is InChI=1S/C8H12O/c1-2-3-4-5-6-7-8-9/h4-5,9H,2-3,8H2,1H3. The quantitative estimate of drug-likeness (QED) is 0.551. The van der Waals surface area contributed by atoms with Gasteiger partial charge in [-0.3, -0.25) is 0 Å². The van der Waals surface area contributed by atoms with Crippen LogP contribution < -0.4 is 0 Å². The maximum Gasteiger partial charge on any atom is 0.104 e. The number of allylic oxidation sites excluding steroid dienone is 2. The molecule has 0 radical (unpaired) electrons. The smallest absolute Gasteiger partial charge is 0.104 e. The minimum Gasteiger partial charge on any atom is -0.384 e. The zero-order valence-corrected chi connectivity index (χ0v) is 5.72. The lowest BCUT2D eigenvalue weighted by Crippen LogP contribution is -1.68. The summed E-state index contributed by atoms with van der Waals surface area (Å²) in [6.07, 6.45) is 6.00. The van der Waals surface area contributed by atoms with Gasteiger partial charge in [0.25, 0.3) is 0 Å². The topological polar surface area (TPSA) is 20.2 Å². The van der Waals surface area contributed by atoms with E-state index in [0.29, 0.717) is 0 Å². The van der Waals surface area contributed by atoms with Crippen LogP contribution in [-0.4, -0.2) is 11.7 Å². The number of unbranched alkanes of at least 4 members (excludes halogenated alkanes) is 1. The average Bonchev–Trinajstić information content (AvgIpc) is 1.89. The fraction of sp³-hybridized carbons (Fsp3) is 0.500. The molecule has 0 atom stereocenters. The summed E-state index contributed by atoms with van der Waals surface area (Å²) in [5.74, 6) is 5.22. The Morgan fingerprint density at radius 1 is 1.56 bits per heavy atom. The highest BCUT2D eigenvalue weighted by Crippen LogP contribution is 1.85. The number of rotatable bonds is 2. The van der Waals surface area contributed by atoms with E-state index < -0.39 is 0 Å². The second-order valence-electron chi connectivity index (χ2n) is 1.67. The van der Waals surface area contributed by atoms with Crippen molar-refractivity contribution in [2.45, 2.75) is 19.8 Å². The molecule has 9 heavy (non-hydrogen) atoms. The van der Waals surface area contributed by atoms with Crippen molar-refractivity contribution in [3.8, 4) is 11.8 Å². The molecule has 0 saturated heterocycles. The van der Waals surface area contributed by atoms with Crippen LogP contribution in [0, 0.1) is 11.8 Å². The summed E-state index contributed by atoms with van der Waals surface area (Å²) in [4.78, 5) is 0. The highest BCUT2D eigenvalue weighted by atomic mass is 16.2. The van der Waals surface area contributed by atoms with Gasteiger partial charge in [0, 0.05) is 0 Å². The van der Waals surface area contributed by atoms with Crippen LogP contribution in [-0.2, 0) is 0 Å². The van der Waals surface area contributed by atoms with Crippen molar-refractivity contribution in [2.24, 2.45) is 0 Å². The molecule has 0 bridgehead atoms. The van der Waals surface area contributed by atoms with Crippen LogP contribution in [0.4, 0.5) is 0 Å². The molecule has 1 heteroatoms. The Morgan fingerprint density at radius 3 is 2.89 bits per heavy atom. The third-order valence-electron chi connectivity index (χ3n) is 0.838. The predicted octanol–water partition coefficient (Wildman–Crippen LogP) is 1.34. The molecule has 0 aromatic carbocycles. The molecule has 0 aliphatic rings. The highest BCUT2D eigenvalue weighted by Gasteiger charge is 1.67. The Morgan fingerprint density at radius 2 is 2.33 bits per heavy atom. The number of hydrogen-bond acceptors (Lipinski definition) is 1. The number of aliphatic hydroxyl groups excluding tert-OH is 1. The summed E-state index contributed by atoms with van der Waals surface area (Å²) in [6.45, 7) is 2.07. The van der Waals surface area contributed by atoms with Crippen molar-refractivity contribution in [3.63, 3.8) is 0 Å². The van der Waals surface area contributed by atoms with Crippen molar-refractivity contribution in [2.75, 3.05) is 6.61 Å². The fourth-order valence-corrected chi connectivity index (χ4v) is 0.413. The number of aliphatic hydroxyl groups is 1. The third kappa shape index (κ3) is 7.26. The van der Waals surface area contributed by atoms with Crippen LogP contribution in [0.25, 0.3) is 0 Å². The largest absolute Gasteiger partial charge is 0.384 e. The van der Waals surface area contributed by atoms with E-state index in [1.807, 2.05) is 6.08 Å². The predicted molar refractivity (Wildman–Crippen MR) is 38.9 cm³/mol. The molecule has 0 rings (SSSR count). The van der Waals surface area contributed by atoms with Gasteiger partial charge in [0.2, 0.25) is 0 Å². The summed E-state index contributed by atoms with van der Waals surface area (Å²) in [6, 6.07) is 0. The molecule has 0 unspecified atom stereocenters. The van der Waals surface area contributed by atoms with E-state index in [-0.39, 0.29) is 6.61 Å². The van der Waals surface area contributed by atoms with Crippen molar-refractivity contribution in [3.05, 3.63) is 12.2 Å². The molecule has 0 heterocycles. The van der Waals surface area contributed by atoms with Crippen LogP contribution >= 0.6 is 0 Å². The van der Waals surface area contributed by atoms with Gasteiger partial charge in [-0.25, -0.2) is 0 Å². The van der Waals surface area contributed by atoms with E-state index in [1.54, 1.807) is 6.08 Å². The van der Waals surface area contributed by atoms with Gasteiger partial charge in [0.15, 0.2) is 0 Å². The second kappa shape index (κ2) is 7.26. The molecule has 0 saturated carbocycles. The molecular formula is C8H12O. The number of hydrogen-bond donors (Lipinski definition) is 1. The second-order valence-corrected chi connectivity index (χ2v) is 1.67. The Bertz CT molecular complexity index is 125. The van der Waals surface area contributed by atoms with Crippen molar-refractivity contribution >= 4 is 0 Å². The lowest BCUT2D eigenvalue weighted by Gasteiger charge is -1.77. The van der Waals surface area contributed by atoms with Crippen LogP contribution in [0.1, 0.15) is 19.8 Å². The van der Waals surface area contributed by atoms with E-state index in [0.717, 1.165) is 12.8 Å². The van der Waals surface area contributed by atoms with Crippen LogP contribution in [0.2, 0.25) is 0 Å². The molecule has 1 nitrogen and oxygen atoms in total. The van der Waals surface area contributed by atoms with Crippen LogP contribution in [0.15, 0.2) is 12.2 Å². The van der Waals surface area contributed by atoms with Gasteiger partial charge < -0.3 is 5.11 Å². The van der Waals surface area contributed by atoms with Gasteiger partial charge in [0.1, 0.15) is 6.61 Å². The summed E-state index contributed by atoms with van der Waals surface area (Å²) < 4.78 is 0. The fourth-order valence-electron chi connectivity index (χ4n) is 0.413. The molecular weight excluding hydrogens is 112 g/mol. The van der Waals surface area contributed by atoms with Gasteiger partial charge in [0.05, 0.1) is 0 Å². The Hall–Kier alpha value is -0.740. The molecule has 0 aliphatic heterocycles. The Kier molecular flexibility index (Phi) is 6.66. The van der Waals surface area contributed by atoms with Crippen LogP contribution in [0.5, 0.6) is 0 Å². The zero-order chi connectivity index (χ0) is 6.95. The summed E-state index contributed by atoms with van der Waals surface area (Å²) in [5.41, 5.74) is 0. The molecule has 0 aliphatic carbocycles. The van der Waals surface area contributed by atoms with Gasteiger partial charge in [-0.1, -0.05) is 31.3 Å². The van der Waals surface area contributed by atoms with Gasteiger partial charge >= 0.3 is 0 Å². The minimum atomic E-state index is -0.0452. The summed E-state index contributed by atoms with van der Waals surface area (Å²) in [7, 11) is 0. The van der Waals surface area contributed by atoms with Crippen molar-refractivity contribution in [1.29, 1.82) is 0 Å². The van der Waals surface area contributed by atoms with E-state index in [9.17, 15) is 0 Å². The summed E-state index contributed by atoms with van der Waals surface area (Å²) in [5, 5.41) is 8.22. The minimum absolute atomic E-state index is 0.0452. The molecule has 0 spiro atoms. The molecule has 1 N–H and O–H groups in total. The van der Waals surface area contributed by atoms with Crippen LogP contribution in [0.3, 0.4) is 0 Å². The Balaban J connectivity index is 3.23. The summed E-state index contributed by atoms with van der Waals surface area (Å²) >= 11 is 0. The van der Waals surface area contributed by atoms with E-state index in [4.69, 9.17) is 5.11 Å². The van der Waals surface area contributed by atoms with Gasteiger partial charge in [-0.2, -0.15) is 0 Å². The SMILES string of the molecule is CCCC=CC#CCO. The first-order valence-electron chi connectivity index (χ1n) is 3.16. The lowest BCUT2D eigenvalue weighted by molar-refractivity contribution is 0.350. The van der Waals surface area contributed by atoms with Gasteiger partial charge in [-0.05, 0) is 12.5 Å². The normalized spacial score (nSPS) is 9.11. The van der Waals surface area contributed by atoms with Gasteiger partial charge in [-0.15, -0.1) is 0 Å². The first-order valence-corrected chi connectivity index (χ1v) is 3.16. The molecule has 0 aromatic heterocycles. The average molecular weight is 124 g/mol. The maximum absolute atomic E-state index is 8.22. The van der Waals surface area contributed by atoms with E-state index >= 15 is 0 Å². The Labute approximate surface area is 56.4 Å². The maximum atomic E-state index is 8.22. The third-order valence-corrected chi connectivity index (χ3v) is 0.838. The first-order chi connectivity index (χ1) is 4.41. The first kappa shape index (κ1) is 8.26. The van der Waals surface area contributed by atoms with E-state index in [2.05, 4.69) is 18.8 Å². The van der Waals surface area contributed by atoms with Crippen molar-refractivity contribution < 1.29 is 5.11 Å². The zero-order valence-electron chi connectivity index (χ0n) is 5.72. The molecule has 0 fully saturated rings. The molecule has 0 aromatic rings. The lowest BCUT2D eigenvalue weighted by atomic mass is 10.3. The van der Waals surface area contributed by atoms with Crippen molar-refractivity contribution in [1.82, 2.24) is 0 Å².